The summed E-state index contributed by atoms with van der Waals surface area (Å²) in [5, 5.41) is 3.31. The van der Waals surface area contributed by atoms with Crippen LogP contribution in [0.4, 0.5) is 5.69 Å². The van der Waals surface area contributed by atoms with Gasteiger partial charge in [0.15, 0.2) is 0 Å². The molecule has 1 aromatic carbocycles. The molecule has 1 saturated heterocycles. The minimum absolute atomic E-state index is 0. The first-order valence-electron chi connectivity index (χ1n) is 6.63. The number of carbonyl (C=O) groups excluding carboxylic acids is 1. The molecule has 0 atom stereocenters. The van der Waals surface area contributed by atoms with Crippen molar-refractivity contribution >= 4 is 24.1 Å². The second-order valence-electron chi connectivity index (χ2n) is 4.46. The van der Waals surface area contributed by atoms with Crippen LogP contribution in [0.1, 0.15) is 15.9 Å². The van der Waals surface area contributed by atoms with Gasteiger partial charge >= 0.3 is 5.97 Å². The van der Waals surface area contributed by atoms with Crippen molar-refractivity contribution in [1.29, 1.82) is 0 Å². The lowest BCUT2D eigenvalue weighted by Crippen LogP contribution is -2.43. The number of benzene rings is 1. The van der Waals surface area contributed by atoms with Gasteiger partial charge in [0.05, 0.1) is 19.2 Å². The van der Waals surface area contributed by atoms with E-state index in [0.717, 1.165) is 31.9 Å². The van der Waals surface area contributed by atoms with Crippen LogP contribution < -0.4 is 16.0 Å². The molecular weight excluding hydrogens is 290 g/mol. The van der Waals surface area contributed by atoms with Crippen LogP contribution in [0, 0.1) is 11.8 Å². The third-order valence-electron chi connectivity index (χ3n) is 3.22. The summed E-state index contributed by atoms with van der Waals surface area (Å²) in [4.78, 5) is 14.0. The second kappa shape index (κ2) is 8.53. The normalized spacial score (nSPS) is 13.7. The minimum atomic E-state index is -0.377. The number of halogens is 1. The van der Waals surface area contributed by atoms with E-state index in [-0.39, 0.29) is 24.9 Å². The summed E-state index contributed by atoms with van der Waals surface area (Å²) in [7, 11) is 1.37. The van der Waals surface area contributed by atoms with Crippen LogP contribution in [0.2, 0.25) is 0 Å². The average Bonchev–Trinajstić information content (AvgIpc) is 2.52. The van der Waals surface area contributed by atoms with Gasteiger partial charge in [-0.25, -0.2) is 4.79 Å². The fraction of sp³-hybridized carbons (Fsp3) is 0.400. The smallest absolute Gasteiger partial charge is 0.339 e. The Kier molecular flexibility index (Phi) is 7.03. The molecule has 21 heavy (non-hydrogen) atoms. The highest BCUT2D eigenvalue weighted by Crippen LogP contribution is 2.20. The quantitative estimate of drug-likeness (QED) is 0.619. The zero-order chi connectivity index (χ0) is 14.4. The van der Waals surface area contributed by atoms with E-state index in [4.69, 9.17) is 10.5 Å². The Balaban J connectivity index is 0.00000220. The molecule has 1 fully saturated rings. The van der Waals surface area contributed by atoms with Crippen LogP contribution >= 0.6 is 12.4 Å². The molecule has 0 aliphatic carbocycles. The van der Waals surface area contributed by atoms with Crippen LogP contribution in [0.15, 0.2) is 18.2 Å². The lowest BCUT2D eigenvalue weighted by atomic mass is 10.1. The molecule has 5 nitrogen and oxygen atoms in total. The number of methoxy groups -OCH3 is 1. The number of hydrogen-bond donors (Lipinski definition) is 2. The maximum atomic E-state index is 11.7. The summed E-state index contributed by atoms with van der Waals surface area (Å²) in [5.74, 6) is 5.37. The van der Waals surface area contributed by atoms with E-state index in [0.29, 0.717) is 11.1 Å². The van der Waals surface area contributed by atoms with Crippen molar-refractivity contribution in [3.8, 4) is 11.8 Å². The number of nitrogens with two attached hydrogens (primary N) is 1. The lowest BCUT2D eigenvalue weighted by molar-refractivity contribution is 0.0600. The highest BCUT2D eigenvalue weighted by Gasteiger charge is 2.15. The number of carbonyl (C=O) groups is 1. The highest BCUT2D eigenvalue weighted by molar-refractivity contribution is 5.93. The molecule has 0 amide bonds. The predicted molar refractivity (Wildman–Crippen MR) is 86.0 cm³/mol. The van der Waals surface area contributed by atoms with Crippen molar-refractivity contribution in [3.63, 3.8) is 0 Å². The Bertz CT molecular complexity index is 546. The zero-order valence-corrected chi connectivity index (χ0v) is 12.8. The van der Waals surface area contributed by atoms with Crippen molar-refractivity contribution < 1.29 is 9.53 Å². The first kappa shape index (κ1) is 17.3. The molecule has 0 saturated carbocycles. The van der Waals surface area contributed by atoms with E-state index in [2.05, 4.69) is 22.1 Å². The molecule has 0 aromatic heterocycles. The van der Waals surface area contributed by atoms with Gasteiger partial charge in [-0.3, -0.25) is 0 Å². The van der Waals surface area contributed by atoms with Gasteiger partial charge < -0.3 is 20.7 Å². The molecular formula is C15H20ClN3O2. The minimum Gasteiger partial charge on any atom is -0.465 e. The molecule has 0 bridgehead atoms. The van der Waals surface area contributed by atoms with Crippen molar-refractivity contribution in [3.05, 3.63) is 29.3 Å². The fourth-order valence-corrected chi connectivity index (χ4v) is 2.19. The third kappa shape index (κ3) is 4.36. The van der Waals surface area contributed by atoms with Crippen LogP contribution in [-0.2, 0) is 4.74 Å². The zero-order valence-electron chi connectivity index (χ0n) is 12.0. The van der Waals surface area contributed by atoms with Gasteiger partial charge in [0, 0.05) is 37.4 Å². The molecule has 0 unspecified atom stereocenters. The number of piperazine rings is 1. The molecule has 0 spiro atoms. The van der Waals surface area contributed by atoms with E-state index < -0.39 is 0 Å². The number of nitrogens with one attached hydrogen (secondary N) is 1. The van der Waals surface area contributed by atoms with Crippen molar-refractivity contribution in [1.82, 2.24) is 5.32 Å². The van der Waals surface area contributed by atoms with Crippen molar-refractivity contribution in [2.45, 2.75) is 0 Å². The lowest BCUT2D eigenvalue weighted by Gasteiger charge is -2.29. The number of hydrogen-bond acceptors (Lipinski definition) is 5. The van der Waals surface area contributed by atoms with Crippen LogP contribution in [0.25, 0.3) is 0 Å². The molecule has 0 radical (unpaired) electrons. The molecule has 3 N–H and O–H groups in total. The van der Waals surface area contributed by atoms with Crippen LogP contribution in [0.3, 0.4) is 0 Å². The summed E-state index contributed by atoms with van der Waals surface area (Å²) < 4.78 is 4.78. The molecule has 1 aliphatic heterocycles. The summed E-state index contributed by atoms with van der Waals surface area (Å²) in [6.07, 6.45) is 0. The SMILES string of the molecule is COC(=O)c1ccc(N2CCNCC2)cc1C#CCN.Cl. The van der Waals surface area contributed by atoms with Gasteiger partial charge in [0.25, 0.3) is 0 Å². The molecule has 1 heterocycles. The standard InChI is InChI=1S/C15H19N3O2.ClH/c1-20-15(19)14-5-4-13(11-12(14)3-2-6-16)18-9-7-17-8-10-18;/h4-5,11,17H,6-10,16H2,1H3;1H. The number of anilines is 1. The summed E-state index contributed by atoms with van der Waals surface area (Å²) in [6.45, 7) is 4.08. The summed E-state index contributed by atoms with van der Waals surface area (Å²) >= 11 is 0. The monoisotopic (exact) mass is 309 g/mol. The van der Waals surface area contributed by atoms with Crippen molar-refractivity contribution in [2.75, 3.05) is 44.7 Å². The topological polar surface area (TPSA) is 67.6 Å². The summed E-state index contributed by atoms with van der Waals surface area (Å²) in [6, 6.07) is 5.63. The Labute approximate surface area is 131 Å². The van der Waals surface area contributed by atoms with E-state index >= 15 is 0 Å². The molecule has 2 rings (SSSR count). The van der Waals surface area contributed by atoms with E-state index in [9.17, 15) is 4.79 Å². The molecule has 6 heteroatoms. The van der Waals surface area contributed by atoms with Gasteiger partial charge in [0.1, 0.15) is 0 Å². The Morgan fingerprint density at radius 3 is 2.76 bits per heavy atom. The summed E-state index contributed by atoms with van der Waals surface area (Å²) in [5.41, 5.74) is 7.62. The number of nitrogens with zero attached hydrogens (tertiary/aromatic N) is 1. The third-order valence-corrected chi connectivity index (χ3v) is 3.22. The second-order valence-corrected chi connectivity index (χ2v) is 4.46. The molecule has 114 valence electrons. The maximum Gasteiger partial charge on any atom is 0.339 e. The number of ether oxygens (including phenoxy) is 1. The Morgan fingerprint density at radius 2 is 2.14 bits per heavy atom. The molecule has 1 aliphatic rings. The first-order valence-corrected chi connectivity index (χ1v) is 6.63. The van der Waals surface area contributed by atoms with Crippen LogP contribution in [0.5, 0.6) is 0 Å². The van der Waals surface area contributed by atoms with E-state index in [1.54, 1.807) is 6.07 Å². The fourth-order valence-electron chi connectivity index (χ4n) is 2.19. The van der Waals surface area contributed by atoms with E-state index in [1.807, 2.05) is 12.1 Å². The van der Waals surface area contributed by atoms with Crippen LogP contribution in [-0.4, -0.2) is 45.8 Å². The predicted octanol–water partition coefficient (Wildman–Crippen LogP) is 0.615. The van der Waals surface area contributed by atoms with Gasteiger partial charge in [-0.2, -0.15) is 0 Å². The highest BCUT2D eigenvalue weighted by atomic mass is 35.5. The van der Waals surface area contributed by atoms with Gasteiger partial charge in [0.2, 0.25) is 0 Å². The van der Waals surface area contributed by atoms with Gasteiger partial charge in [-0.05, 0) is 18.2 Å². The largest absolute Gasteiger partial charge is 0.465 e. The van der Waals surface area contributed by atoms with Gasteiger partial charge in [-0.1, -0.05) is 11.8 Å². The maximum absolute atomic E-state index is 11.7. The van der Waals surface area contributed by atoms with Gasteiger partial charge in [-0.15, -0.1) is 12.4 Å². The van der Waals surface area contributed by atoms with Crippen molar-refractivity contribution in [2.24, 2.45) is 5.73 Å². The van der Waals surface area contributed by atoms with E-state index in [1.165, 1.54) is 7.11 Å². The first-order chi connectivity index (χ1) is 9.76. The Hall–Kier alpha value is -1.74. The Morgan fingerprint density at radius 1 is 1.43 bits per heavy atom. The number of rotatable bonds is 2. The molecule has 1 aromatic rings. The number of esters is 1. The average molecular weight is 310 g/mol.